The lowest BCUT2D eigenvalue weighted by Crippen LogP contribution is -2.16. The zero-order valence-electron chi connectivity index (χ0n) is 11.6. The van der Waals surface area contributed by atoms with Gasteiger partial charge in [-0.3, -0.25) is 10.1 Å². The maximum Gasteiger partial charge on any atom is 0.410 e. The molecule has 0 fully saturated rings. The third kappa shape index (κ3) is 4.48. The number of carbonyl (C=O) groups is 2. The minimum atomic E-state index is -1.21. The van der Waals surface area contributed by atoms with E-state index in [1.807, 2.05) is 0 Å². The zero-order chi connectivity index (χ0) is 17.0. The Morgan fingerprint density at radius 3 is 2.65 bits per heavy atom. The molecule has 2 amide bonds. The van der Waals surface area contributed by atoms with Crippen LogP contribution in [0.25, 0.3) is 0 Å². The third-order valence-electron chi connectivity index (χ3n) is 2.80. The molecule has 0 saturated carbocycles. The summed E-state index contributed by atoms with van der Waals surface area (Å²) in [4.78, 5) is 26.2. The lowest BCUT2D eigenvalue weighted by atomic mass is 10.1. The van der Waals surface area contributed by atoms with Crippen LogP contribution < -0.4 is 16.4 Å². The molecule has 0 aliphatic heterocycles. The number of halogens is 2. The Kier molecular flexibility index (Phi) is 5.25. The van der Waals surface area contributed by atoms with Crippen molar-refractivity contribution in [3.05, 3.63) is 51.6 Å². The van der Waals surface area contributed by atoms with Crippen molar-refractivity contribution in [1.82, 2.24) is 4.98 Å². The number of carboxylic acid groups (broad SMARTS) is 1. The van der Waals surface area contributed by atoms with E-state index in [0.29, 0.717) is 16.4 Å². The van der Waals surface area contributed by atoms with Gasteiger partial charge in [0.05, 0.1) is 28.5 Å². The summed E-state index contributed by atoms with van der Waals surface area (Å²) < 4.78 is 0. The highest BCUT2D eigenvalue weighted by Crippen LogP contribution is 2.29. The van der Waals surface area contributed by atoms with Gasteiger partial charge in [-0.25, -0.2) is 9.78 Å². The number of benzene rings is 1. The molecule has 2 rings (SSSR count). The van der Waals surface area contributed by atoms with Crippen molar-refractivity contribution < 1.29 is 14.7 Å². The molecular weight excluding hydrogens is 343 g/mol. The first-order valence-electron chi connectivity index (χ1n) is 6.35. The predicted octanol–water partition coefficient (Wildman–Crippen LogP) is 3.19. The van der Waals surface area contributed by atoms with Gasteiger partial charge in [-0.2, -0.15) is 0 Å². The zero-order valence-corrected chi connectivity index (χ0v) is 13.1. The second-order valence-electron chi connectivity index (χ2n) is 4.47. The van der Waals surface area contributed by atoms with Crippen molar-refractivity contribution in [3.8, 4) is 0 Å². The average molecular weight is 355 g/mol. The van der Waals surface area contributed by atoms with Crippen LogP contribution in [0.1, 0.15) is 16.1 Å². The van der Waals surface area contributed by atoms with Crippen LogP contribution in [0.5, 0.6) is 0 Å². The fourth-order valence-corrected chi connectivity index (χ4v) is 2.49. The van der Waals surface area contributed by atoms with E-state index in [2.05, 4.69) is 15.6 Å². The first kappa shape index (κ1) is 16.9. The SMILES string of the molecule is NC(=O)c1c(Cl)cc(Cl)cc1NCc1cccc(NC(=O)O)n1. The normalized spacial score (nSPS) is 10.2. The quantitative estimate of drug-likeness (QED) is 0.657. The molecule has 0 atom stereocenters. The molecule has 1 heterocycles. The highest BCUT2D eigenvalue weighted by molar-refractivity contribution is 6.37. The van der Waals surface area contributed by atoms with Gasteiger partial charge >= 0.3 is 6.09 Å². The minimum absolute atomic E-state index is 0.121. The number of nitrogens with one attached hydrogen (secondary N) is 2. The molecule has 9 heteroatoms. The lowest BCUT2D eigenvalue weighted by molar-refractivity contribution is 0.100. The largest absolute Gasteiger partial charge is 0.465 e. The summed E-state index contributed by atoms with van der Waals surface area (Å²) in [7, 11) is 0. The van der Waals surface area contributed by atoms with Crippen molar-refractivity contribution in [1.29, 1.82) is 0 Å². The van der Waals surface area contributed by atoms with Gasteiger partial charge in [-0.1, -0.05) is 29.3 Å². The number of hydrogen-bond acceptors (Lipinski definition) is 4. The Labute approximate surface area is 141 Å². The predicted molar refractivity (Wildman–Crippen MR) is 88.2 cm³/mol. The van der Waals surface area contributed by atoms with Crippen molar-refractivity contribution >= 4 is 46.7 Å². The van der Waals surface area contributed by atoms with E-state index < -0.39 is 12.0 Å². The first-order chi connectivity index (χ1) is 10.9. The Morgan fingerprint density at radius 1 is 1.26 bits per heavy atom. The number of nitrogens with two attached hydrogens (primary N) is 1. The molecule has 1 aromatic heterocycles. The first-order valence-corrected chi connectivity index (χ1v) is 7.11. The van der Waals surface area contributed by atoms with E-state index in [1.54, 1.807) is 12.1 Å². The van der Waals surface area contributed by atoms with Gasteiger partial charge in [0.1, 0.15) is 5.82 Å². The summed E-state index contributed by atoms with van der Waals surface area (Å²) in [5.74, 6) is -0.500. The standard InChI is InChI=1S/C14H12Cl2N4O3/c15-7-4-9(16)12(13(17)21)10(5-7)18-6-8-2-1-3-11(19-8)20-14(22)23/h1-5,18H,6H2,(H2,17,21)(H,19,20)(H,22,23). The molecule has 0 spiro atoms. The summed E-state index contributed by atoms with van der Waals surface area (Å²) in [6, 6.07) is 7.80. The van der Waals surface area contributed by atoms with E-state index in [0.717, 1.165) is 0 Å². The van der Waals surface area contributed by atoms with Crippen LogP contribution in [0.2, 0.25) is 10.0 Å². The summed E-state index contributed by atoms with van der Waals surface area (Å²) in [5.41, 5.74) is 6.35. The van der Waals surface area contributed by atoms with Gasteiger partial charge < -0.3 is 16.2 Å². The second kappa shape index (κ2) is 7.17. The van der Waals surface area contributed by atoms with Crippen LogP contribution in [-0.4, -0.2) is 22.1 Å². The number of aromatic nitrogens is 1. The number of carbonyl (C=O) groups excluding carboxylic acids is 1. The van der Waals surface area contributed by atoms with Crippen LogP contribution in [-0.2, 0) is 6.54 Å². The summed E-state index contributed by atoms with van der Waals surface area (Å²) in [6.45, 7) is 0.214. The van der Waals surface area contributed by atoms with E-state index in [-0.39, 0.29) is 22.9 Å². The molecule has 0 unspecified atom stereocenters. The van der Waals surface area contributed by atoms with E-state index >= 15 is 0 Å². The molecule has 0 radical (unpaired) electrons. The fraction of sp³-hybridized carbons (Fsp3) is 0.0714. The molecule has 7 nitrogen and oxygen atoms in total. The van der Waals surface area contributed by atoms with E-state index in [1.165, 1.54) is 18.2 Å². The van der Waals surface area contributed by atoms with Crippen molar-refractivity contribution in [3.63, 3.8) is 0 Å². The van der Waals surface area contributed by atoms with E-state index in [4.69, 9.17) is 34.0 Å². The van der Waals surface area contributed by atoms with Crippen LogP contribution in [0.3, 0.4) is 0 Å². The number of amides is 2. The Bertz CT molecular complexity index is 768. The number of nitrogens with zero attached hydrogens (tertiary/aromatic N) is 1. The summed E-state index contributed by atoms with van der Waals surface area (Å²) in [5, 5.41) is 14.3. The summed E-state index contributed by atoms with van der Waals surface area (Å²) >= 11 is 11.9. The van der Waals surface area contributed by atoms with Gasteiger partial charge in [0.25, 0.3) is 5.91 Å². The number of pyridine rings is 1. The molecule has 0 aliphatic carbocycles. The molecule has 1 aromatic carbocycles. The maximum absolute atomic E-state index is 11.5. The smallest absolute Gasteiger partial charge is 0.410 e. The number of primary amides is 1. The molecule has 0 aliphatic rings. The average Bonchev–Trinajstić information content (AvgIpc) is 2.43. The van der Waals surface area contributed by atoms with Crippen LogP contribution in [0, 0.1) is 0 Å². The number of anilines is 2. The van der Waals surface area contributed by atoms with E-state index in [9.17, 15) is 9.59 Å². The third-order valence-corrected chi connectivity index (χ3v) is 3.32. The maximum atomic E-state index is 11.5. The Balaban J connectivity index is 2.21. The van der Waals surface area contributed by atoms with Crippen LogP contribution in [0.4, 0.5) is 16.3 Å². The van der Waals surface area contributed by atoms with Crippen LogP contribution >= 0.6 is 23.2 Å². The number of hydrogen-bond donors (Lipinski definition) is 4. The molecular formula is C14H12Cl2N4O3. The second-order valence-corrected chi connectivity index (χ2v) is 5.32. The summed E-state index contributed by atoms with van der Waals surface area (Å²) in [6.07, 6.45) is -1.21. The van der Waals surface area contributed by atoms with Gasteiger partial charge in [-0.05, 0) is 24.3 Å². The highest BCUT2D eigenvalue weighted by Gasteiger charge is 2.14. The molecule has 120 valence electrons. The molecule has 0 bridgehead atoms. The monoisotopic (exact) mass is 354 g/mol. The molecule has 0 saturated heterocycles. The molecule has 2 aromatic rings. The minimum Gasteiger partial charge on any atom is -0.465 e. The Morgan fingerprint density at radius 2 is 2.00 bits per heavy atom. The topological polar surface area (TPSA) is 117 Å². The van der Waals surface area contributed by atoms with Gasteiger partial charge in [0.2, 0.25) is 0 Å². The highest BCUT2D eigenvalue weighted by atomic mass is 35.5. The fourth-order valence-electron chi connectivity index (χ4n) is 1.91. The number of rotatable bonds is 5. The van der Waals surface area contributed by atoms with Crippen molar-refractivity contribution in [2.45, 2.75) is 6.54 Å². The lowest BCUT2D eigenvalue weighted by Gasteiger charge is -2.12. The van der Waals surface area contributed by atoms with Gasteiger partial charge in [0, 0.05) is 5.02 Å². The molecule has 5 N–H and O–H groups in total. The van der Waals surface area contributed by atoms with Crippen molar-refractivity contribution in [2.24, 2.45) is 5.73 Å². The molecule has 23 heavy (non-hydrogen) atoms. The van der Waals surface area contributed by atoms with Gasteiger partial charge in [0.15, 0.2) is 0 Å². The van der Waals surface area contributed by atoms with Crippen LogP contribution in [0.15, 0.2) is 30.3 Å². The van der Waals surface area contributed by atoms with Gasteiger partial charge in [-0.15, -0.1) is 0 Å². The Hall–Kier alpha value is -2.51. The van der Waals surface area contributed by atoms with Crippen molar-refractivity contribution in [2.75, 3.05) is 10.6 Å².